The molecular weight excluding hydrogens is 472 g/mol. The zero-order valence-corrected chi connectivity index (χ0v) is 20.8. The van der Waals surface area contributed by atoms with Crippen molar-refractivity contribution >= 4 is 21.9 Å². The molecule has 2 heterocycles. The largest absolute Gasteiger partial charge is 0.497 e. The Bertz CT molecular complexity index is 1270. The van der Waals surface area contributed by atoms with E-state index in [9.17, 15) is 13.2 Å². The lowest BCUT2D eigenvalue weighted by atomic mass is 9.94. The van der Waals surface area contributed by atoms with E-state index in [1.807, 2.05) is 0 Å². The number of carbonyl (C=O) groups excluding carboxylic acids is 1. The molecule has 4 rings (SSSR count). The summed E-state index contributed by atoms with van der Waals surface area (Å²) >= 11 is 0. The fraction of sp³-hybridized carbons (Fsp3) is 0.375. The van der Waals surface area contributed by atoms with Gasteiger partial charge in [0.25, 0.3) is 5.91 Å². The number of aromatic nitrogens is 2. The van der Waals surface area contributed by atoms with Gasteiger partial charge in [0.05, 0.1) is 19.1 Å². The number of carbonyl (C=O) groups is 1. The second kappa shape index (κ2) is 10.0. The monoisotopic (exact) mass is 500 g/mol. The van der Waals surface area contributed by atoms with Crippen LogP contribution >= 0.6 is 0 Å². The first kappa shape index (κ1) is 24.7. The number of nitrogens with zero attached hydrogens (tertiary/aromatic N) is 3. The Morgan fingerprint density at radius 2 is 1.60 bits per heavy atom. The number of benzene rings is 2. The molecule has 1 aromatic heterocycles. The van der Waals surface area contributed by atoms with Gasteiger partial charge in [-0.15, -0.1) is 5.10 Å². The molecule has 1 saturated heterocycles. The van der Waals surface area contributed by atoms with Crippen molar-refractivity contribution < 1.29 is 27.1 Å². The third-order valence-corrected chi connectivity index (χ3v) is 7.68. The Balaban J connectivity index is 1.47. The molecule has 3 aromatic rings. The van der Waals surface area contributed by atoms with Crippen LogP contribution in [0.3, 0.4) is 0 Å². The summed E-state index contributed by atoms with van der Waals surface area (Å²) in [5.41, 5.74) is 0.817. The highest BCUT2D eigenvalue weighted by molar-refractivity contribution is 7.89. The summed E-state index contributed by atoms with van der Waals surface area (Å²) in [5.74, 6) is 1.36. The predicted molar refractivity (Wildman–Crippen MR) is 129 cm³/mol. The highest BCUT2D eigenvalue weighted by atomic mass is 32.2. The number of sulfonamides is 1. The fourth-order valence-corrected chi connectivity index (χ4v) is 5.90. The van der Waals surface area contributed by atoms with Gasteiger partial charge in [0.2, 0.25) is 15.9 Å². The topological polar surface area (TPSA) is 124 Å². The van der Waals surface area contributed by atoms with E-state index in [1.54, 1.807) is 18.2 Å². The van der Waals surface area contributed by atoms with Gasteiger partial charge >= 0.3 is 6.01 Å². The normalized spacial score (nSPS) is 18.7. The maximum atomic E-state index is 13.1. The number of hydrogen-bond acceptors (Lipinski definition) is 8. The van der Waals surface area contributed by atoms with Crippen LogP contribution in [0.4, 0.5) is 6.01 Å². The molecule has 186 valence electrons. The van der Waals surface area contributed by atoms with E-state index in [4.69, 9.17) is 13.9 Å². The SMILES string of the molecule is COc1cc(OC)cc(-c2nnc(NC(=O)c3ccc(S(=O)(=O)N4C[C@@H](C)C[C@H](C)C4)cc3)o2)c1. The van der Waals surface area contributed by atoms with Gasteiger partial charge in [0.15, 0.2) is 0 Å². The molecule has 1 amide bonds. The molecule has 1 aliphatic rings. The summed E-state index contributed by atoms with van der Waals surface area (Å²) < 4.78 is 43.7. The average Bonchev–Trinajstić information content (AvgIpc) is 3.31. The molecule has 0 aliphatic carbocycles. The maximum Gasteiger partial charge on any atom is 0.322 e. The second-order valence-corrected chi connectivity index (χ2v) is 10.7. The van der Waals surface area contributed by atoms with E-state index >= 15 is 0 Å². The molecule has 0 bridgehead atoms. The van der Waals surface area contributed by atoms with Crippen molar-refractivity contribution in [2.24, 2.45) is 11.8 Å². The van der Waals surface area contributed by atoms with Crippen LogP contribution in [0.25, 0.3) is 11.5 Å². The van der Waals surface area contributed by atoms with E-state index < -0.39 is 15.9 Å². The number of anilines is 1. The van der Waals surface area contributed by atoms with E-state index in [1.165, 1.54) is 42.8 Å². The van der Waals surface area contributed by atoms with Crippen LogP contribution in [0.1, 0.15) is 30.6 Å². The summed E-state index contributed by atoms with van der Waals surface area (Å²) in [6.07, 6.45) is 1.01. The number of rotatable bonds is 7. The summed E-state index contributed by atoms with van der Waals surface area (Å²) in [5, 5.41) is 10.4. The van der Waals surface area contributed by atoms with E-state index in [2.05, 4.69) is 29.4 Å². The molecule has 1 aliphatic heterocycles. The van der Waals surface area contributed by atoms with Gasteiger partial charge in [-0.3, -0.25) is 10.1 Å². The highest BCUT2D eigenvalue weighted by Crippen LogP contribution is 2.30. The quantitative estimate of drug-likeness (QED) is 0.521. The van der Waals surface area contributed by atoms with Crippen molar-refractivity contribution in [1.29, 1.82) is 0 Å². The molecule has 10 nitrogen and oxygen atoms in total. The summed E-state index contributed by atoms with van der Waals surface area (Å²) in [4.78, 5) is 12.8. The lowest BCUT2D eigenvalue weighted by Gasteiger charge is -2.34. The van der Waals surface area contributed by atoms with E-state index in [0.29, 0.717) is 42.0 Å². The standard InChI is InChI=1S/C24H28N4O6S/c1-15-9-16(2)14-28(13-15)35(30,31)21-7-5-17(6-8-21)22(29)25-24-27-26-23(34-24)18-10-19(32-3)12-20(11-18)33-4/h5-8,10-12,15-16H,9,13-14H2,1-4H3,(H,25,27,29)/t15-,16-/m0/s1. The Morgan fingerprint density at radius 1 is 1.00 bits per heavy atom. The van der Waals surface area contributed by atoms with E-state index in [-0.39, 0.29) is 22.4 Å². The number of hydrogen-bond donors (Lipinski definition) is 1. The van der Waals surface area contributed by atoms with Crippen LogP contribution in [0.2, 0.25) is 0 Å². The van der Waals surface area contributed by atoms with Crippen molar-refractivity contribution in [2.45, 2.75) is 25.2 Å². The lowest BCUT2D eigenvalue weighted by molar-refractivity contribution is 0.102. The maximum absolute atomic E-state index is 13.1. The first-order chi connectivity index (χ1) is 16.7. The summed E-state index contributed by atoms with van der Waals surface area (Å²) in [7, 11) is -0.568. The number of nitrogens with one attached hydrogen (secondary N) is 1. The second-order valence-electron chi connectivity index (χ2n) is 8.76. The van der Waals surface area contributed by atoms with Gasteiger partial charge in [-0.2, -0.15) is 4.31 Å². The number of amides is 1. The van der Waals surface area contributed by atoms with Crippen LogP contribution in [0.5, 0.6) is 11.5 Å². The molecule has 0 spiro atoms. The Kier molecular flexibility index (Phi) is 7.08. The molecule has 0 radical (unpaired) electrons. The van der Waals surface area contributed by atoms with Gasteiger partial charge in [0.1, 0.15) is 11.5 Å². The Hall–Kier alpha value is -3.44. The van der Waals surface area contributed by atoms with Crippen LogP contribution in [0.15, 0.2) is 51.8 Å². The molecule has 11 heteroatoms. The third kappa shape index (κ3) is 5.46. The molecule has 35 heavy (non-hydrogen) atoms. The fourth-order valence-electron chi connectivity index (χ4n) is 4.22. The smallest absolute Gasteiger partial charge is 0.322 e. The molecule has 0 saturated carbocycles. The van der Waals surface area contributed by atoms with Crippen LogP contribution in [-0.4, -0.2) is 56.1 Å². The number of piperidine rings is 1. The Morgan fingerprint density at radius 3 is 2.17 bits per heavy atom. The van der Waals surface area contributed by atoms with Crippen molar-refractivity contribution in [3.63, 3.8) is 0 Å². The minimum Gasteiger partial charge on any atom is -0.497 e. The molecule has 2 atom stereocenters. The first-order valence-corrected chi connectivity index (χ1v) is 12.6. The van der Waals surface area contributed by atoms with Crippen molar-refractivity contribution in [3.8, 4) is 23.0 Å². The number of ether oxygens (including phenoxy) is 2. The van der Waals surface area contributed by atoms with Crippen LogP contribution < -0.4 is 14.8 Å². The van der Waals surface area contributed by atoms with Crippen LogP contribution in [0, 0.1) is 11.8 Å². The van der Waals surface area contributed by atoms with Crippen molar-refractivity contribution in [1.82, 2.24) is 14.5 Å². The zero-order valence-electron chi connectivity index (χ0n) is 20.0. The third-order valence-electron chi connectivity index (χ3n) is 5.83. The highest BCUT2D eigenvalue weighted by Gasteiger charge is 2.31. The minimum atomic E-state index is -3.63. The van der Waals surface area contributed by atoms with Crippen LogP contribution in [-0.2, 0) is 10.0 Å². The minimum absolute atomic E-state index is 0.0974. The predicted octanol–water partition coefficient (Wildman–Crippen LogP) is 3.67. The van der Waals surface area contributed by atoms with Gasteiger partial charge in [-0.1, -0.05) is 18.9 Å². The van der Waals surface area contributed by atoms with Gasteiger partial charge < -0.3 is 13.9 Å². The molecule has 0 unspecified atom stereocenters. The molecular formula is C24H28N4O6S. The van der Waals surface area contributed by atoms with Gasteiger partial charge in [-0.05, 0) is 54.7 Å². The average molecular weight is 501 g/mol. The van der Waals surface area contributed by atoms with Gasteiger partial charge in [0, 0.05) is 30.3 Å². The van der Waals surface area contributed by atoms with Crippen molar-refractivity contribution in [3.05, 3.63) is 48.0 Å². The number of methoxy groups -OCH3 is 2. The van der Waals surface area contributed by atoms with Gasteiger partial charge in [-0.25, -0.2) is 8.42 Å². The summed E-state index contributed by atoms with van der Waals surface area (Å²) in [6.45, 7) is 5.10. The van der Waals surface area contributed by atoms with Crippen molar-refractivity contribution in [2.75, 3.05) is 32.6 Å². The summed E-state index contributed by atoms with van der Waals surface area (Å²) in [6, 6.07) is 10.8. The van der Waals surface area contributed by atoms with E-state index in [0.717, 1.165) is 6.42 Å². The lowest BCUT2D eigenvalue weighted by Crippen LogP contribution is -2.42. The zero-order chi connectivity index (χ0) is 25.2. The molecule has 1 N–H and O–H groups in total. The Labute approximate surface area is 204 Å². The molecule has 1 fully saturated rings. The first-order valence-electron chi connectivity index (χ1n) is 11.2. The molecule has 2 aromatic carbocycles.